The van der Waals surface area contributed by atoms with Crippen LogP contribution in [0.2, 0.25) is 0 Å². The van der Waals surface area contributed by atoms with Gasteiger partial charge in [0.15, 0.2) is 11.5 Å². The molecule has 35 heavy (non-hydrogen) atoms. The Kier molecular flexibility index (Phi) is 14.1. The maximum Gasteiger partial charge on any atom is 0.224 e. The molecule has 0 amide bonds. The molecule has 3 aromatic rings. The SMILES string of the molecule is COCc1c(O)c(=O)cc(C)n1C.COCc1c(OCc2ccccc2)c(=O)cc(C)n1C.Cl.Cl. The van der Waals surface area contributed by atoms with E-state index >= 15 is 0 Å². The van der Waals surface area contributed by atoms with E-state index in [1.54, 1.807) is 31.7 Å². The lowest BCUT2D eigenvalue weighted by Gasteiger charge is -2.16. The summed E-state index contributed by atoms with van der Waals surface area (Å²) < 4.78 is 19.4. The number of pyridine rings is 2. The minimum atomic E-state index is -0.359. The Hall–Kier alpha value is -2.78. The molecule has 10 heteroatoms. The van der Waals surface area contributed by atoms with Gasteiger partial charge in [-0.15, -0.1) is 24.8 Å². The predicted molar refractivity (Wildman–Crippen MR) is 141 cm³/mol. The van der Waals surface area contributed by atoms with Gasteiger partial charge in [-0.25, -0.2) is 0 Å². The second-order valence-corrected chi connectivity index (χ2v) is 7.63. The molecule has 0 fully saturated rings. The minimum absolute atomic E-state index is 0. The molecule has 2 heterocycles. The molecule has 0 spiro atoms. The van der Waals surface area contributed by atoms with Gasteiger partial charge in [-0.1, -0.05) is 30.3 Å². The van der Waals surface area contributed by atoms with Crippen LogP contribution < -0.4 is 15.6 Å². The number of hydrogen-bond acceptors (Lipinski definition) is 6. The zero-order valence-corrected chi connectivity index (χ0v) is 22.5. The van der Waals surface area contributed by atoms with E-state index in [0.717, 1.165) is 22.6 Å². The third-order valence-corrected chi connectivity index (χ3v) is 5.33. The fourth-order valence-electron chi connectivity index (χ4n) is 3.21. The second-order valence-electron chi connectivity index (χ2n) is 7.63. The molecule has 194 valence electrons. The van der Waals surface area contributed by atoms with Crippen molar-refractivity contribution in [2.24, 2.45) is 14.1 Å². The Morgan fingerprint density at radius 2 is 1.26 bits per heavy atom. The smallest absolute Gasteiger partial charge is 0.224 e. The van der Waals surface area contributed by atoms with Crippen LogP contribution in [0.25, 0.3) is 0 Å². The Morgan fingerprint density at radius 3 is 1.80 bits per heavy atom. The molecule has 0 unspecified atom stereocenters. The number of aromatic nitrogens is 2. The zero-order valence-electron chi connectivity index (χ0n) is 20.9. The van der Waals surface area contributed by atoms with Gasteiger partial charge < -0.3 is 28.5 Å². The summed E-state index contributed by atoms with van der Waals surface area (Å²) >= 11 is 0. The highest BCUT2D eigenvalue weighted by Crippen LogP contribution is 2.17. The van der Waals surface area contributed by atoms with Crippen molar-refractivity contribution in [1.82, 2.24) is 9.13 Å². The van der Waals surface area contributed by atoms with Gasteiger partial charge in [0.25, 0.3) is 0 Å². The van der Waals surface area contributed by atoms with Crippen molar-refractivity contribution in [3.63, 3.8) is 0 Å². The third-order valence-electron chi connectivity index (χ3n) is 5.33. The maximum absolute atomic E-state index is 12.1. The van der Waals surface area contributed by atoms with E-state index in [2.05, 4.69) is 0 Å². The Bertz CT molecular complexity index is 1190. The molecule has 2 aromatic heterocycles. The lowest BCUT2D eigenvalue weighted by molar-refractivity contribution is 0.171. The number of methoxy groups -OCH3 is 2. The molecule has 0 radical (unpaired) electrons. The molecular weight excluding hydrogens is 495 g/mol. The molecule has 0 saturated carbocycles. The molecule has 3 rings (SSSR count). The monoisotopic (exact) mass is 528 g/mol. The normalized spacial score (nSPS) is 9.89. The van der Waals surface area contributed by atoms with Gasteiger partial charge in [-0.05, 0) is 19.4 Å². The van der Waals surface area contributed by atoms with Crippen LogP contribution in [0.5, 0.6) is 11.5 Å². The third kappa shape index (κ3) is 8.43. The van der Waals surface area contributed by atoms with E-state index in [9.17, 15) is 14.7 Å². The van der Waals surface area contributed by atoms with Gasteiger partial charge in [0.1, 0.15) is 6.61 Å². The second kappa shape index (κ2) is 15.3. The summed E-state index contributed by atoms with van der Waals surface area (Å²) in [6, 6.07) is 12.8. The molecule has 0 atom stereocenters. The lowest BCUT2D eigenvalue weighted by atomic mass is 10.2. The molecular formula is C25H34Cl2N2O6. The highest BCUT2D eigenvalue weighted by atomic mass is 35.5. The molecule has 0 saturated heterocycles. The van der Waals surface area contributed by atoms with Crippen molar-refractivity contribution in [3.05, 3.63) is 91.3 Å². The molecule has 0 aliphatic carbocycles. The summed E-state index contributed by atoms with van der Waals surface area (Å²) in [5.41, 5.74) is 3.51. The first-order valence-corrected chi connectivity index (χ1v) is 10.4. The first kappa shape index (κ1) is 32.2. The molecule has 1 aromatic carbocycles. The number of ether oxygens (including phenoxy) is 3. The van der Waals surface area contributed by atoms with Crippen molar-refractivity contribution in [1.29, 1.82) is 0 Å². The molecule has 1 N–H and O–H groups in total. The zero-order chi connectivity index (χ0) is 24.5. The summed E-state index contributed by atoms with van der Waals surface area (Å²) in [6.07, 6.45) is 0. The van der Waals surface area contributed by atoms with E-state index < -0.39 is 0 Å². The van der Waals surface area contributed by atoms with Crippen molar-refractivity contribution >= 4 is 24.8 Å². The van der Waals surface area contributed by atoms with E-state index in [4.69, 9.17) is 14.2 Å². The summed E-state index contributed by atoms with van der Waals surface area (Å²) in [7, 11) is 6.81. The van der Waals surface area contributed by atoms with Crippen LogP contribution in [-0.4, -0.2) is 28.5 Å². The average molecular weight is 529 g/mol. The first-order valence-electron chi connectivity index (χ1n) is 10.4. The molecule has 0 aliphatic rings. The Labute approximate surface area is 217 Å². The summed E-state index contributed by atoms with van der Waals surface area (Å²) in [5.74, 6) is 0.138. The Morgan fingerprint density at radius 1 is 0.771 bits per heavy atom. The number of aryl methyl sites for hydroxylation is 2. The number of hydrogen-bond donors (Lipinski definition) is 1. The van der Waals surface area contributed by atoms with Crippen LogP contribution >= 0.6 is 24.8 Å². The van der Waals surface area contributed by atoms with E-state index in [-0.39, 0.29) is 48.0 Å². The van der Waals surface area contributed by atoms with Gasteiger partial charge in [0.05, 0.1) is 24.6 Å². The summed E-state index contributed by atoms with van der Waals surface area (Å²) in [4.78, 5) is 23.3. The maximum atomic E-state index is 12.1. The van der Waals surface area contributed by atoms with Gasteiger partial charge in [-0.3, -0.25) is 9.59 Å². The molecule has 8 nitrogen and oxygen atoms in total. The van der Waals surface area contributed by atoms with Gasteiger partial charge in [-0.2, -0.15) is 0 Å². The summed E-state index contributed by atoms with van der Waals surface area (Å²) in [5, 5.41) is 9.42. The molecule has 0 aliphatic heterocycles. The average Bonchev–Trinajstić information content (AvgIpc) is 2.80. The van der Waals surface area contributed by atoms with Crippen molar-refractivity contribution in [3.8, 4) is 11.5 Å². The van der Waals surface area contributed by atoms with Crippen LogP contribution in [0.15, 0.2) is 52.1 Å². The Balaban J connectivity index is 0.000000677. The first-order chi connectivity index (χ1) is 15.7. The standard InChI is InChI=1S/C16H19NO3.C9H13NO3.2ClH/c1-12-9-15(18)16(14(11-19-3)17(12)2)20-10-13-7-5-4-6-8-13;1-6-4-8(11)9(12)7(5-13-3)10(6)2;;/h4-9H,10-11H2,1-3H3;4,12H,5H2,1-3H3;2*1H. The predicted octanol–water partition coefficient (Wildman–Crippen LogP) is 3.81. The fraction of sp³-hybridized carbons (Fsp3) is 0.360. The minimum Gasteiger partial charge on any atom is -0.503 e. The summed E-state index contributed by atoms with van der Waals surface area (Å²) in [6.45, 7) is 4.65. The highest BCUT2D eigenvalue weighted by molar-refractivity contribution is 5.85. The van der Waals surface area contributed by atoms with Crippen LogP contribution in [0.3, 0.4) is 0 Å². The molecule has 0 bridgehead atoms. The van der Waals surface area contributed by atoms with E-state index in [1.165, 1.54) is 13.2 Å². The largest absolute Gasteiger partial charge is 0.503 e. The van der Waals surface area contributed by atoms with E-state index in [0.29, 0.717) is 24.7 Å². The van der Waals surface area contributed by atoms with Crippen molar-refractivity contribution < 1.29 is 19.3 Å². The van der Waals surface area contributed by atoms with Gasteiger partial charge in [0.2, 0.25) is 10.9 Å². The number of nitrogens with zero attached hydrogens (tertiary/aromatic N) is 2. The fourth-order valence-corrected chi connectivity index (χ4v) is 3.21. The van der Waals surface area contributed by atoms with Crippen LogP contribution in [0.4, 0.5) is 0 Å². The quantitative estimate of drug-likeness (QED) is 0.501. The lowest BCUT2D eigenvalue weighted by Crippen LogP contribution is -2.18. The highest BCUT2D eigenvalue weighted by Gasteiger charge is 2.13. The number of rotatable bonds is 7. The van der Waals surface area contributed by atoms with Crippen molar-refractivity contribution in [2.75, 3.05) is 14.2 Å². The van der Waals surface area contributed by atoms with Crippen LogP contribution in [0, 0.1) is 13.8 Å². The topological polar surface area (TPSA) is 91.9 Å². The van der Waals surface area contributed by atoms with Crippen LogP contribution in [0.1, 0.15) is 28.3 Å². The van der Waals surface area contributed by atoms with Gasteiger partial charge >= 0.3 is 0 Å². The number of benzene rings is 1. The number of aromatic hydroxyl groups is 1. The number of halogens is 2. The van der Waals surface area contributed by atoms with Gasteiger partial charge in [0, 0.05) is 51.8 Å². The van der Waals surface area contributed by atoms with Crippen molar-refractivity contribution in [2.45, 2.75) is 33.7 Å². The van der Waals surface area contributed by atoms with Crippen LogP contribution in [-0.2, 0) is 43.4 Å². The van der Waals surface area contributed by atoms with E-state index in [1.807, 2.05) is 48.9 Å².